The van der Waals surface area contributed by atoms with Crippen LogP contribution in [-0.2, 0) is 9.53 Å². The third kappa shape index (κ3) is 5.70. The molecule has 4 heterocycles. The lowest BCUT2D eigenvalue weighted by molar-refractivity contribution is -0.119. The second-order valence-corrected chi connectivity index (χ2v) is 9.27. The molecule has 9 heteroatoms. The molecule has 166 valence electrons. The van der Waals surface area contributed by atoms with Crippen molar-refractivity contribution in [3.63, 3.8) is 0 Å². The van der Waals surface area contributed by atoms with E-state index in [1.165, 1.54) is 6.20 Å². The Morgan fingerprint density at radius 1 is 1.29 bits per heavy atom. The minimum Gasteiger partial charge on any atom is -0.376 e. The number of aromatic nitrogens is 3. The summed E-state index contributed by atoms with van der Waals surface area (Å²) in [4.78, 5) is 25.7. The van der Waals surface area contributed by atoms with Gasteiger partial charge < -0.3 is 20.7 Å². The third-order valence-corrected chi connectivity index (χ3v) is 6.12. The summed E-state index contributed by atoms with van der Waals surface area (Å²) >= 11 is 6.39. The Balaban J connectivity index is 1.44. The van der Waals surface area contributed by atoms with Gasteiger partial charge in [-0.05, 0) is 51.6 Å². The van der Waals surface area contributed by atoms with Gasteiger partial charge in [-0.25, -0.2) is 9.97 Å². The lowest BCUT2D eigenvalue weighted by Gasteiger charge is -2.35. The van der Waals surface area contributed by atoms with Crippen LogP contribution in [0.15, 0.2) is 24.7 Å². The van der Waals surface area contributed by atoms with E-state index in [0.717, 1.165) is 39.0 Å². The predicted molar refractivity (Wildman–Crippen MR) is 121 cm³/mol. The molecule has 2 atom stereocenters. The van der Waals surface area contributed by atoms with Crippen molar-refractivity contribution in [3.8, 4) is 11.3 Å². The smallest absolute Gasteiger partial charge is 0.229 e. The van der Waals surface area contributed by atoms with E-state index >= 15 is 0 Å². The predicted octanol–water partition coefficient (Wildman–Crippen LogP) is 3.36. The number of halogens is 1. The summed E-state index contributed by atoms with van der Waals surface area (Å²) in [6.07, 6.45) is 7.76. The van der Waals surface area contributed by atoms with Crippen molar-refractivity contribution in [3.05, 3.63) is 29.7 Å². The van der Waals surface area contributed by atoms with E-state index in [4.69, 9.17) is 16.3 Å². The number of nitrogens with zero attached hydrogens (tertiary/aromatic N) is 3. The van der Waals surface area contributed by atoms with E-state index in [0.29, 0.717) is 40.4 Å². The number of hydrogen-bond donors (Lipinski definition) is 3. The van der Waals surface area contributed by atoms with Gasteiger partial charge in [0.15, 0.2) is 0 Å². The molecular weight excluding hydrogens is 416 g/mol. The van der Waals surface area contributed by atoms with Crippen LogP contribution in [0.4, 0.5) is 11.6 Å². The summed E-state index contributed by atoms with van der Waals surface area (Å²) in [6.45, 7) is 7.40. The number of carbonyl (C=O) groups is 1. The van der Waals surface area contributed by atoms with Crippen LogP contribution in [-0.4, -0.2) is 52.7 Å². The second-order valence-electron chi connectivity index (χ2n) is 8.87. The molecule has 0 aromatic carbocycles. The maximum absolute atomic E-state index is 12.4. The highest BCUT2D eigenvalue weighted by atomic mass is 35.5. The van der Waals surface area contributed by atoms with Crippen LogP contribution in [0, 0.1) is 11.8 Å². The molecule has 2 aromatic rings. The summed E-state index contributed by atoms with van der Waals surface area (Å²) in [5.41, 5.74) is 1.22. The Hall–Kier alpha value is -2.29. The largest absolute Gasteiger partial charge is 0.376 e. The average Bonchev–Trinajstić information content (AvgIpc) is 3.28. The highest BCUT2D eigenvalue weighted by molar-refractivity contribution is 6.33. The number of amides is 1. The van der Waals surface area contributed by atoms with Crippen molar-refractivity contribution < 1.29 is 9.53 Å². The Kier molecular flexibility index (Phi) is 6.69. The summed E-state index contributed by atoms with van der Waals surface area (Å²) in [5.74, 6) is 1.60. The highest BCUT2D eigenvalue weighted by Crippen LogP contribution is 2.30. The topological polar surface area (TPSA) is 101 Å². The minimum atomic E-state index is -0.0852. The fourth-order valence-corrected chi connectivity index (χ4v) is 4.37. The fourth-order valence-electron chi connectivity index (χ4n) is 4.17. The lowest BCUT2D eigenvalue weighted by atomic mass is 9.88. The number of pyridine rings is 1. The fraction of sp³-hybridized carbons (Fsp3) is 0.545. The molecule has 3 N–H and O–H groups in total. The molecule has 0 saturated carbocycles. The SMILES string of the molecule is CC1(C)CC(CNc2cncc(-c3cc(NC(=O)C4CCNC4)ncc3Cl)n2)CCO1. The number of ether oxygens (including phenoxy) is 1. The second kappa shape index (κ2) is 9.46. The first-order valence-corrected chi connectivity index (χ1v) is 11.1. The number of carbonyl (C=O) groups excluding carboxylic acids is 1. The summed E-state index contributed by atoms with van der Waals surface area (Å²) < 4.78 is 5.80. The van der Waals surface area contributed by atoms with Crippen molar-refractivity contribution in [2.75, 3.05) is 36.9 Å². The first-order valence-electron chi connectivity index (χ1n) is 10.8. The van der Waals surface area contributed by atoms with Crippen LogP contribution in [0.3, 0.4) is 0 Å². The normalized spacial score (nSPS) is 22.8. The third-order valence-electron chi connectivity index (χ3n) is 5.82. The Labute approximate surface area is 187 Å². The molecule has 0 aliphatic carbocycles. The minimum absolute atomic E-state index is 0.0355. The molecule has 2 aromatic heterocycles. The maximum atomic E-state index is 12.4. The van der Waals surface area contributed by atoms with Crippen LogP contribution >= 0.6 is 11.6 Å². The van der Waals surface area contributed by atoms with Crippen LogP contribution < -0.4 is 16.0 Å². The van der Waals surface area contributed by atoms with Crippen molar-refractivity contribution in [2.45, 2.75) is 38.7 Å². The highest BCUT2D eigenvalue weighted by Gasteiger charge is 2.28. The van der Waals surface area contributed by atoms with E-state index in [9.17, 15) is 4.79 Å². The van der Waals surface area contributed by atoms with Crippen LogP contribution in [0.2, 0.25) is 5.02 Å². The summed E-state index contributed by atoms with van der Waals surface area (Å²) in [7, 11) is 0. The van der Waals surface area contributed by atoms with E-state index in [1.54, 1.807) is 18.5 Å². The van der Waals surface area contributed by atoms with E-state index in [-0.39, 0.29) is 17.4 Å². The molecule has 2 fully saturated rings. The van der Waals surface area contributed by atoms with Gasteiger partial charge in [-0.15, -0.1) is 0 Å². The van der Waals surface area contributed by atoms with Gasteiger partial charge in [0.05, 0.1) is 34.6 Å². The standard InChI is InChI=1S/C22H29ClN6O2/c1-22(2)8-14(4-6-31-22)9-26-20-13-25-12-18(28-20)16-7-19(27-11-17(16)23)29-21(30)15-3-5-24-10-15/h7,11-15,24H,3-6,8-10H2,1-2H3,(H,26,28)(H,27,29,30). The average molecular weight is 445 g/mol. The molecule has 0 spiro atoms. The quantitative estimate of drug-likeness (QED) is 0.627. The molecular formula is C22H29ClN6O2. The van der Waals surface area contributed by atoms with Gasteiger partial charge in [0, 0.05) is 31.5 Å². The lowest BCUT2D eigenvalue weighted by Crippen LogP contribution is -2.36. The number of rotatable bonds is 6. The van der Waals surface area contributed by atoms with E-state index in [2.05, 4.69) is 44.7 Å². The van der Waals surface area contributed by atoms with Crippen LogP contribution in [0.1, 0.15) is 33.1 Å². The van der Waals surface area contributed by atoms with Crippen LogP contribution in [0.25, 0.3) is 11.3 Å². The van der Waals surface area contributed by atoms with Gasteiger partial charge in [-0.2, -0.15) is 0 Å². The molecule has 2 aliphatic rings. The number of nitrogens with one attached hydrogen (secondary N) is 3. The zero-order valence-corrected chi connectivity index (χ0v) is 18.7. The molecule has 0 radical (unpaired) electrons. The van der Waals surface area contributed by atoms with Gasteiger partial charge in [0.1, 0.15) is 11.6 Å². The van der Waals surface area contributed by atoms with E-state index < -0.39 is 0 Å². The Morgan fingerprint density at radius 3 is 2.94 bits per heavy atom. The number of anilines is 2. The van der Waals surface area contributed by atoms with Gasteiger partial charge in [0.2, 0.25) is 5.91 Å². The number of hydrogen-bond acceptors (Lipinski definition) is 7. The Bertz CT molecular complexity index is 932. The van der Waals surface area contributed by atoms with Crippen molar-refractivity contribution in [1.82, 2.24) is 20.3 Å². The summed E-state index contributed by atoms with van der Waals surface area (Å²) in [6, 6.07) is 1.75. The molecule has 2 aliphatic heterocycles. The zero-order chi connectivity index (χ0) is 21.8. The monoisotopic (exact) mass is 444 g/mol. The van der Waals surface area contributed by atoms with Crippen molar-refractivity contribution >= 4 is 29.1 Å². The molecule has 1 amide bonds. The van der Waals surface area contributed by atoms with Crippen LogP contribution in [0.5, 0.6) is 0 Å². The van der Waals surface area contributed by atoms with Gasteiger partial charge in [-0.3, -0.25) is 9.78 Å². The summed E-state index contributed by atoms with van der Waals surface area (Å²) in [5, 5.41) is 9.94. The van der Waals surface area contributed by atoms with Gasteiger partial charge in [-0.1, -0.05) is 11.6 Å². The zero-order valence-electron chi connectivity index (χ0n) is 17.9. The molecule has 8 nitrogen and oxygen atoms in total. The van der Waals surface area contributed by atoms with E-state index in [1.807, 2.05) is 0 Å². The molecule has 4 rings (SSSR count). The van der Waals surface area contributed by atoms with Crippen molar-refractivity contribution in [2.24, 2.45) is 11.8 Å². The molecule has 2 unspecified atom stereocenters. The maximum Gasteiger partial charge on any atom is 0.229 e. The van der Waals surface area contributed by atoms with Crippen molar-refractivity contribution in [1.29, 1.82) is 0 Å². The van der Waals surface area contributed by atoms with Gasteiger partial charge >= 0.3 is 0 Å². The Morgan fingerprint density at radius 2 is 2.16 bits per heavy atom. The first kappa shape index (κ1) is 21.9. The molecule has 0 bridgehead atoms. The first-order chi connectivity index (χ1) is 14.9. The molecule has 2 saturated heterocycles. The molecule has 31 heavy (non-hydrogen) atoms. The van der Waals surface area contributed by atoms with Gasteiger partial charge in [0.25, 0.3) is 0 Å².